The van der Waals surface area contributed by atoms with Crippen molar-refractivity contribution in [3.63, 3.8) is 0 Å². The van der Waals surface area contributed by atoms with E-state index in [-0.39, 0.29) is 0 Å². The molecule has 1 aliphatic heterocycles. The number of anilines is 1. The van der Waals surface area contributed by atoms with Crippen LogP contribution in [0.3, 0.4) is 0 Å². The van der Waals surface area contributed by atoms with Crippen LogP contribution in [0.25, 0.3) is 0 Å². The fraction of sp³-hybridized carbons (Fsp3) is 0.571. The summed E-state index contributed by atoms with van der Waals surface area (Å²) >= 11 is 7.33. The summed E-state index contributed by atoms with van der Waals surface area (Å²) in [5, 5.41) is 3.64. The SMILES string of the molecule is CCCNC1CCCN(c2c(Br)cccc2Br)C1. The Morgan fingerprint density at radius 2 is 2.06 bits per heavy atom. The zero-order chi connectivity index (χ0) is 13.0. The van der Waals surface area contributed by atoms with Crippen molar-refractivity contribution in [2.45, 2.75) is 32.2 Å². The molecule has 18 heavy (non-hydrogen) atoms. The van der Waals surface area contributed by atoms with Crippen molar-refractivity contribution in [3.05, 3.63) is 27.1 Å². The van der Waals surface area contributed by atoms with Gasteiger partial charge in [-0.15, -0.1) is 0 Å². The van der Waals surface area contributed by atoms with E-state index in [4.69, 9.17) is 0 Å². The highest BCUT2D eigenvalue weighted by atomic mass is 79.9. The molecule has 1 heterocycles. The number of hydrogen-bond acceptors (Lipinski definition) is 2. The molecule has 100 valence electrons. The molecule has 2 rings (SSSR count). The first kappa shape index (κ1) is 14.4. The van der Waals surface area contributed by atoms with Gasteiger partial charge in [0.2, 0.25) is 0 Å². The molecule has 1 saturated heterocycles. The van der Waals surface area contributed by atoms with E-state index in [2.05, 4.69) is 67.2 Å². The third-order valence-electron chi connectivity index (χ3n) is 3.36. The largest absolute Gasteiger partial charge is 0.368 e. The first-order valence-corrected chi connectivity index (χ1v) is 8.23. The average molecular weight is 376 g/mol. The van der Waals surface area contributed by atoms with Crippen molar-refractivity contribution in [3.8, 4) is 0 Å². The minimum atomic E-state index is 0.623. The van der Waals surface area contributed by atoms with Crippen LogP contribution in [-0.4, -0.2) is 25.7 Å². The highest BCUT2D eigenvalue weighted by Gasteiger charge is 2.22. The highest BCUT2D eigenvalue weighted by Crippen LogP contribution is 2.35. The Kier molecular flexibility index (Phi) is 5.52. The second-order valence-corrected chi connectivity index (χ2v) is 6.52. The zero-order valence-electron chi connectivity index (χ0n) is 10.8. The maximum Gasteiger partial charge on any atom is 0.0655 e. The van der Waals surface area contributed by atoms with Crippen molar-refractivity contribution in [1.29, 1.82) is 0 Å². The van der Waals surface area contributed by atoms with Crippen molar-refractivity contribution in [1.82, 2.24) is 5.32 Å². The van der Waals surface area contributed by atoms with Crippen LogP contribution in [0.5, 0.6) is 0 Å². The highest BCUT2D eigenvalue weighted by molar-refractivity contribution is 9.11. The molecule has 0 radical (unpaired) electrons. The molecular formula is C14H20Br2N2. The van der Waals surface area contributed by atoms with Gasteiger partial charge >= 0.3 is 0 Å². The van der Waals surface area contributed by atoms with E-state index in [9.17, 15) is 0 Å². The van der Waals surface area contributed by atoms with Gasteiger partial charge in [0.1, 0.15) is 0 Å². The lowest BCUT2D eigenvalue weighted by Crippen LogP contribution is -2.46. The predicted octanol–water partition coefficient (Wildman–Crippen LogP) is 4.18. The molecule has 1 aromatic carbocycles. The van der Waals surface area contributed by atoms with Crippen LogP contribution in [0.2, 0.25) is 0 Å². The fourth-order valence-electron chi connectivity index (χ4n) is 2.49. The molecule has 1 atom stereocenters. The number of nitrogens with zero attached hydrogens (tertiary/aromatic N) is 1. The van der Waals surface area contributed by atoms with Crippen LogP contribution in [-0.2, 0) is 0 Å². The lowest BCUT2D eigenvalue weighted by molar-refractivity contribution is 0.423. The molecule has 0 spiro atoms. The molecule has 1 aromatic rings. The van der Waals surface area contributed by atoms with Gasteiger partial charge in [0.25, 0.3) is 0 Å². The van der Waals surface area contributed by atoms with E-state index in [0.717, 1.165) is 19.6 Å². The summed E-state index contributed by atoms with van der Waals surface area (Å²) in [7, 11) is 0. The molecule has 0 aromatic heterocycles. The summed E-state index contributed by atoms with van der Waals surface area (Å²) in [5.74, 6) is 0. The lowest BCUT2D eigenvalue weighted by atomic mass is 10.0. The summed E-state index contributed by atoms with van der Waals surface area (Å²) in [6, 6.07) is 6.92. The molecule has 1 aliphatic rings. The molecular weight excluding hydrogens is 356 g/mol. The maximum absolute atomic E-state index is 3.66. The summed E-state index contributed by atoms with van der Waals surface area (Å²) in [5.41, 5.74) is 1.29. The number of rotatable bonds is 4. The van der Waals surface area contributed by atoms with E-state index in [1.807, 2.05) is 0 Å². The van der Waals surface area contributed by atoms with E-state index in [1.165, 1.54) is 33.9 Å². The molecule has 2 nitrogen and oxygen atoms in total. The average Bonchev–Trinajstić information content (AvgIpc) is 2.37. The van der Waals surface area contributed by atoms with Crippen molar-refractivity contribution in [2.75, 3.05) is 24.5 Å². The fourth-order valence-corrected chi connectivity index (χ4v) is 3.99. The van der Waals surface area contributed by atoms with Gasteiger partial charge in [-0.25, -0.2) is 0 Å². The summed E-state index contributed by atoms with van der Waals surface area (Å²) in [6.07, 6.45) is 3.75. The van der Waals surface area contributed by atoms with Crippen LogP contribution in [0, 0.1) is 0 Å². The second kappa shape index (κ2) is 6.92. The van der Waals surface area contributed by atoms with Gasteiger partial charge in [-0.1, -0.05) is 13.0 Å². The number of benzene rings is 1. The van der Waals surface area contributed by atoms with Gasteiger partial charge in [-0.05, 0) is 69.8 Å². The van der Waals surface area contributed by atoms with E-state index < -0.39 is 0 Å². The Hall–Kier alpha value is -0.0600. The number of para-hydroxylation sites is 1. The van der Waals surface area contributed by atoms with Crippen molar-refractivity contribution < 1.29 is 0 Å². The maximum atomic E-state index is 3.66. The molecule has 1 unspecified atom stereocenters. The molecule has 0 amide bonds. The van der Waals surface area contributed by atoms with Crippen LogP contribution >= 0.6 is 31.9 Å². The number of piperidine rings is 1. The quantitative estimate of drug-likeness (QED) is 0.849. The summed E-state index contributed by atoms with van der Waals surface area (Å²) < 4.78 is 2.35. The summed E-state index contributed by atoms with van der Waals surface area (Å²) in [6.45, 7) is 5.58. The normalized spacial score (nSPS) is 20.2. The van der Waals surface area contributed by atoms with Gasteiger partial charge in [-0.3, -0.25) is 0 Å². The summed E-state index contributed by atoms with van der Waals surface area (Å²) in [4.78, 5) is 2.48. The predicted molar refractivity (Wildman–Crippen MR) is 85.4 cm³/mol. The second-order valence-electron chi connectivity index (χ2n) is 4.81. The number of nitrogens with one attached hydrogen (secondary N) is 1. The number of halogens is 2. The molecule has 4 heteroatoms. The van der Waals surface area contributed by atoms with Crippen molar-refractivity contribution >= 4 is 37.5 Å². The smallest absolute Gasteiger partial charge is 0.0655 e. The van der Waals surface area contributed by atoms with Gasteiger partial charge in [-0.2, -0.15) is 0 Å². The van der Waals surface area contributed by atoms with Crippen molar-refractivity contribution in [2.24, 2.45) is 0 Å². The molecule has 1 N–H and O–H groups in total. The third kappa shape index (κ3) is 3.49. The molecule has 0 aliphatic carbocycles. The Morgan fingerprint density at radius 3 is 2.72 bits per heavy atom. The van der Waals surface area contributed by atoms with Gasteiger partial charge in [0.05, 0.1) is 5.69 Å². The Bertz CT molecular complexity index is 375. The van der Waals surface area contributed by atoms with E-state index in [1.54, 1.807) is 0 Å². The zero-order valence-corrected chi connectivity index (χ0v) is 13.9. The van der Waals surface area contributed by atoms with Crippen LogP contribution in [0.15, 0.2) is 27.1 Å². The Labute approximate surface area is 126 Å². The molecule has 0 bridgehead atoms. The molecule has 1 fully saturated rings. The minimum absolute atomic E-state index is 0.623. The van der Waals surface area contributed by atoms with Gasteiger partial charge in [0.15, 0.2) is 0 Å². The lowest BCUT2D eigenvalue weighted by Gasteiger charge is -2.36. The number of hydrogen-bond donors (Lipinski definition) is 1. The Morgan fingerprint density at radius 1 is 1.33 bits per heavy atom. The topological polar surface area (TPSA) is 15.3 Å². The monoisotopic (exact) mass is 374 g/mol. The van der Waals surface area contributed by atoms with Gasteiger partial charge in [0, 0.05) is 28.1 Å². The third-order valence-corrected chi connectivity index (χ3v) is 4.64. The first-order chi connectivity index (χ1) is 8.72. The van der Waals surface area contributed by atoms with Gasteiger partial charge < -0.3 is 10.2 Å². The van der Waals surface area contributed by atoms with E-state index in [0.29, 0.717) is 6.04 Å². The standard InChI is InChI=1S/C14H20Br2N2/c1-2-8-17-11-5-4-9-18(10-11)14-12(15)6-3-7-13(14)16/h3,6-7,11,17H,2,4-5,8-10H2,1H3. The van der Waals surface area contributed by atoms with E-state index >= 15 is 0 Å². The first-order valence-electron chi connectivity index (χ1n) is 6.64. The minimum Gasteiger partial charge on any atom is -0.368 e. The van der Waals surface area contributed by atoms with Crippen LogP contribution < -0.4 is 10.2 Å². The molecule has 0 saturated carbocycles. The Balaban J connectivity index is 2.08. The van der Waals surface area contributed by atoms with Crippen LogP contribution in [0.1, 0.15) is 26.2 Å². The van der Waals surface area contributed by atoms with Crippen LogP contribution in [0.4, 0.5) is 5.69 Å².